The summed E-state index contributed by atoms with van der Waals surface area (Å²) >= 11 is 1.42. The van der Waals surface area contributed by atoms with Crippen LogP contribution in [-0.4, -0.2) is 82.2 Å². The van der Waals surface area contributed by atoms with Gasteiger partial charge in [-0.2, -0.15) is 0 Å². The molecule has 11 heteroatoms. The number of hydrogen-bond acceptors (Lipinski definition) is 8. The molecule has 1 aliphatic rings. The third-order valence-corrected chi connectivity index (χ3v) is 6.48. The highest BCUT2D eigenvalue weighted by Crippen LogP contribution is 2.36. The standard InChI is InChI=1S/C21H27N7O3S/c1-14(29)27-9-6-26(7-10-27)8-11-28-13-23-19(22)18-20(28)25-21(24-18)32-17-12-15(30-2)4-5-16(17)31-3/h4-5,12-13,22H,6-11H2,1-3H3,(H,24,25). The van der Waals surface area contributed by atoms with Gasteiger partial charge in [-0.05, 0) is 30.0 Å². The number of H-pyrrole nitrogens is 1. The Kier molecular flexibility index (Phi) is 6.66. The van der Waals surface area contributed by atoms with Gasteiger partial charge in [-0.15, -0.1) is 0 Å². The molecule has 0 aliphatic carbocycles. The van der Waals surface area contributed by atoms with E-state index in [0.717, 1.165) is 49.1 Å². The topological polar surface area (TPSA) is 112 Å². The van der Waals surface area contributed by atoms with E-state index in [2.05, 4.69) is 14.9 Å². The molecule has 1 amide bonds. The van der Waals surface area contributed by atoms with Crippen LogP contribution in [-0.2, 0) is 11.3 Å². The lowest BCUT2D eigenvalue weighted by atomic mass is 10.3. The zero-order valence-electron chi connectivity index (χ0n) is 18.4. The molecule has 2 N–H and O–H groups in total. The van der Waals surface area contributed by atoms with Crippen molar-refractivity contribution in [3.05, 3.63) is 30.0 Å². The van der Waals surface area contributed by atoms with Gasteiger partial charge in [-0.25, -0.2) is 9.97 Å². The summed E-state index contributed by atoms with van der Waals surface area (Å²) < 4.78 is 12.8. The Morgan fingerprint density at radius 2 is 1.97 bits per heavy atom. The lowest BCUT2D eigenvalue weighted by Gasteiger charge is -2.34. The fourth-order valence-electron chi connectivity index (χ4n) is 3.68. The number of methoxy groups -OCH3 is 2. The van der Waals surface area contributed by atoms with E-state index in [0.29, 0.717) is 22.9 Å². The monoisotopic (exact) mass is 457 g/mol. The predicted molar refractivity (Wildman–Crippen MR) is 120 cm³/mol. The number of carbonyl (C=O) groups excluding carboxylic acids is 1. The van der Waals surface area contributed by atoms with Crippen molar-refractivity contribution in [2.75, 3.05) is 46.9 Å². The maximum Gasteiger partial charge on any atom is 0.219 e. The van der Waals surface area contributed by atoms with Crippen LogP contribution in [0, 0.1) is 5.41 Å². The Balaban J connectivity index is 1.52. The molecule has 3 aromatic rings. The van der Waals surface area contributed by atoms with Crippen molar-refractivity contribution < 1.29 is 14.3 Å². The minimum absolute atomic E-state index is 0.130. The number of nitrogens with zero attached hydrogens (tertiary/aromatic N) is 5. The summed E-state index contributed by atoms with van der Waals surface area (Å²) in [6, 6.07) is 5.59. The highest BCUT2D eigenvalue weighted by atomic mass is 32.2. The number of aromatic nitrogens is 4. The van der Waals surface area contributed by atoms with E-state index in [-0.39, 0.29) is 11.4 Å². The van der Waals surface area contributed by atoms with Crippen LogP contribution >= 0.6 is 11.8 Å². The van der Waals surface area contributed by atoms with E-state index in [1.54, 1.807) is 27.5 Å². The first-order valence-corrected chi connectivity index (χ1v) is 11.2. The molecule has 2 aromatic heterocycles. The largest absolute Gasteiger partial charge is 0.497 e. The number of ether oxygens (including phenoxy) is 2. The molecule has 0 radical (unpaired) electrons. The maximum atomic E-state index is 11.5. The number of piperazine rings is 1. The Hall–Kier alpha value is -3.05. The van der Waals surface area contributed by atoms with Crippen LogP contribution in [0.25, 0.3) is 11.2 Å². The molecule has 1 aliphatic heterocycles. The van der Waals surface area contributed by atoms with Crippen LogP contribution in [0.15, 0.2) is 34.6 Å². The third kappa shape index (κ3) is 4.73. The quantitative estimate of drug-likeness (QED) is 0.554. The molecule has 0 atom stereocenters. The van der Waals surface area contributed by atoms with Crippen molar-refractivity contribution in [3.63, 3.8) is 0 Å². The number of nitrogens with one attached hydrogen (secondary N) is 2. The van der Waals surface area contributed by atoms with Gasteiger partial charge in [-0.1, -0.05) is 0 Å². The zero-order valence-corrected chi connectivity index (χ0v) is 19.2. The van der Waals surface area contributed by atoms with Gasteiger partial charge in [0.15, 0.2) is 16.3 Å². The number of carbonyl (C=O) groups is 1. The fraction of sp³-hybridized carbons (Fsp3) is 0.429. The van der Waals surface area contributed by atoms with E-state index in [4.69, 9.17) is 19.9 Å². The van der Waals surface area contributed by atoms with Gasteiger partial charge in [0, 0.05) is 46.2 Å². The molecular weight excluding hydrogens is 430 g/mol. The van der Waals surface area contributed by atoms with E-state index >= 15 is 0 Å². The third-order valence-electron chi connectivity index (χ3n) is 5.55. The van der Waals surface area contributed by atoms with Crippen LogP contribution in [0.4, 0.5) is 0 Å². The summed E-state index contributed by atoms with van der Waals surface area (Å²) in [5, 5.41) is 8.84. The molecule has 32 heavy (non-hydrogen) atoms. The van der Waals surface area contributed by atoms with Crippen molar-refractivity contribution in [2.24, 2.45) is 0 Å². The Labute approximate surface area is 190 Å². The summed E-state index contributed by atoms with van der Waals surface area (Å²) in [6.45, 7) is 6.35. The Morgan fingerprint density at radius 3 is 2.66 bits per heavy atom. The van der Waals surface area contributed by atoms with Crippen LogP contribution in [0.5, 0.6) is 11.5 Å². The van der Waals surface area contributed by atoms with E-state index in [1.165, 1.54) is 11.8 Å². The molecule has 170 valence electrons. The second-order valence-electron chi connectivity index (χ2n) is 7.49. The molecule has 0 spiro atoms. The molecule has 0 saturated carbocycles. The molecule has 3 heterocycles. The first kappa shape index (κ1) is 22.2. The summed E-state index contributed by atoms with van der Waals surface area (Å²) in [5.41, 5.74) is 1.44. The van der Waals surface area contributed by atoms with Crippen LogP contribution in [0.3, 0.4) is 0 Å². The van der Waals surface area contributed by atoms with Gasteiger partial charge >= 0.3 is 0 Å². The first-order valence-electron chi connectivity index (χ1n) is 10.4. The summed E-state index contributed by atoms with van der Waals surface area (Å²) in [7, 11) is 3.25. The van der Waals surface area contributed by atoms with E-state index in [9.17, 15) is 4.79 Å². The molecule has 10 nitrogen and oxygen atoms in total. The lowest BCUT2D eigenvalue weighted by Crippen LogP contribution is -2.48. The van der Waals surface area contributed by atoms with Crippen molar-refractivity contribution >= 4 is 28.8 Å². The van der Waals surface area contributed by atoms with Crippen molar-refractivity contribution in [3.8, 4) is 11.5 Å². The number of imidazole rings is 1. The van der Waals surface area contributed by atoms with Gasteiger partial charge in [0.25, 0.3) is 0 Å². The second-order valence-corrected chi connectivity index (χ2v) is 8.52. The smallest absolute Gasteiger partial charge is 0.219 e. The molecular formula is C21H27N7O3S. The number of amides is 1. The van der Waals surface area contributed by atoms with Gasteiger partial charge in [0.2, 0.25) is 5.91 Å². The average Bonchev–Trinajstić information content (AvgIpc) is 3.23. The molecule has 1 fully saturated rings. The fourth-order valence-corrected chi connectivity index (χ4v) is 4.60. The molecule has 4 rings (SSSR count). The van der Waals surface area contributed by atoms with Gasteiger partial charge in [0.1, 0.15) is 17.0 Å². The van der Waals surface area contributed by atoms with Gasteiger partial charge < -0.3 is 23.9 Å². The summed E-state index contributed by atoms with van der Waals surface area (Å²) in [6.07, 6.45) is 1.66. The second kappa shape index (κ2) is 9.61. The first-order chi connectivity index (χ1) is 15.5. The van der Waals surface area contributed by atoms with Crippen molar-refractivity contribution in [2.45, 2.75) is 23.5 Å². The lowest BCUT2D eigenvalue weighted by molar-refractivity contribution is -0.130. The molecule has 0 unspecified atom stereocenters. The van der Waals surface area contributed by atoms with Crippen LogP contribution in [0.2, 0.25) is 0 Å². The normalized spacial score (nSPS) is 14.7. The minimum atomic E-state index is 0.130. The molecule has 1 aromatic carbocycles. The highest BCUT2D eigenvalue weighted by molar-refractivity contribution is 7.99. The Bertz CT molecular complexity index is 1170. The van der Waals surface area contributed by atoms with Crippen LogP contribution < -0.4 is 15.0 Å². The van der Waals surface area contributed by atoms with Gasteiger partial charge in [0.05, 0.1) is 25.4 Å². The number of rotatable bonds is 7. The summed E-state index contributed by atoms with van der Waals surface area (Å²) in [4.78, 5) is 28.8. The predicted octanol–water partition coefficient (Wildman–Crippen LogP) is 1.57. The number of hydrogen-bond donors (Lipinski definition) is 2. The minimum Gasteiger partial charge on any atom is -0.497 e. The highest BCUT2D eigenvalue weighted by Gasteiger charge is 2.19. The maximum absolute atomic E-state index is 11.5. The van der Waals surface area contributed by atoms with Crippen LogP contribution in [0.1, 0.15) is 6.92 Å². The number of aromatic amines is 1. The van der Waals surface area contributed by atoms with E-state index < -0.39 is 0 Å². The number of benzene rings is 1. The van der Waals surface area contributed by atoms with Crippen molar-refractivity contribution in [1.82, 2.24) is 29.3 Å². The molecule has 0 bridgehead atoms. The summed E-state index contributed by atoms with van der Waals surface area (Å²) in [5.74, 6) is 1.58. The van der Waals surface area contributed by atoms with Gasteiger partial charge in [-0.3, -0.25) is 15.1 Å². The average molecular weight is 458 g/mol. The molecule has 1 saturated heterocycles. The zero-order chi connectivity index (χ0) is 22.7. The Morgan fingerprint density at radius 1 is 1.19 bits per heavy atom. The number of fused-ring (bicyclic) bond motifs is 1. The SMILES string of the molecule is COc1ccc(OC)c(Sc2nc3c([nH]2)c(=N)ncn3CCN2CCN(C(C)=O)CC2)c1. The van der Waals surface area contributed by atoms with E-state index in [1.807, 2.05) is 27.7 Å². The van der Waals surface area contributed by atoms with Crippen molar-refractivity contribution in [1.29, 1.82) is 5.41 Å².